The molecule has 0 spiro atoms. The molecular weight excluding hydrogens is 220 g/mol. The maximum absolute atomic E-state index is 12.0. The molecule has 88 valence electrons. The molecule has 1 atom stereocenters. The molecule has 1 unspecified atom stereocenters. The van der Waals surface area contributed by atoms with Crippen LogP contribution in [0.25, 0.3) is 0 Å². The number of amides is 1. The molecule has 4 heteroatoms. The van der Waals surface area contributed by atoms with Crippen LogP contribution in [-0.2, 0) is 6.42 Å². The van der Waals surface area contributed by atoms with Gasteiger partial charge in [0, 0.05) is 12.6 Å². The Morgan fingerprint density at radius 1 is 1.69 bits per heavy atom. The number of carbonyl (C=O) groups is 1. The molecular formula is C12H18N2OS. The highest BCUT2D eigenvalue weighted by Gasteiger charge is 2.31. The lowest BCUT2D eigenvalue weighted by atomic mass is 10.1. The standard InChI is InChI=1S/C12H18N2OS/c1-2-8-5-6-16-11(8)12(15)14-10(7-13)9-3-4-9/h5-6,9-10H,2-4,7,13H2,1H3,(H,14,15). The Hall–Kier alpha value is -0.870. The van der Waals surface area contributed by atoms with Crippen molar-refractivity contribution in [3.05, 3.63) is 21.9 Å². The molecule has 2 rings (SSSR count). The number of aryl methyl sites for hydroxylation is 1. The van der Waals surface area contributed by atoms with Crippen LogP contribution in [-0.4, -0.2) is 18.5 Å². The highest BCUT2D eigenvalue weighted by atomic mass is 32.1. The molecule has 1 saturated carbocycles. The van der Waals surface area contributed by atoms with Gasteiger partial charge in [0.15, 0.2) is 0 Å². The van der Waals surface area contributed by atoms with Crippen molar-refractivity contribution in [2.24, 2.45) is 11.7 Å². The maximum Gasteiger partial charge on any atom is 0.261 e. The fraction of sp³-hybridized carbons (Fsp3) is 0.583. The third-order valence-electron chi connectivity index (χ3n) is 3.10. The van der Waals surface area contributed by atoms with E-state index in [0.29, 0.717) is 12.5 Å². The molecule has 0 radical (unpaired) electrons. The lowest BCUT2D eigenvalue weighted by Gasteiger charge is -2.15. The Balaban J connectivity index is 2.01. The van der Waals surface area contributed by atoms with Crippen LogP contribution in [0.15, 0.2) is 11.4 Å². The quantitative estimate of drug-likeness (QED) is 0.821. The van der Waals surface area contributed by atoms with E-state index in [2.05, 4.69) is 12.2 Å². The van der Waals surface area contributed by atoms with Gasteiger partial charge in [-0.2, -0.15) is 0 Å². The van der Waals surface area contributed by atoms with E-state index in [9.17, 15) is 4.79 Å². The van der Waals surface area contributed by atoms with Crippen molar-refractivity contribution in [1.82, 2.24) is 5.32 Å². The summed E-state index contributed by atoms with van der Waals surface area (Å²) in [7, 11) is 0. The molecule has 0 aromatic carbocycles. The summed E-state index contributed by atoms with van der Waals surface area (Å²) >= 11 is 1.51. The van der Waals surface area contributed by atoms with Crippen LogP contribution in [0.5, 0.6) is 0 Å². The molecule has 0 aliphatic heterocycles. The summed E-state index contributed by atoms with van der Waals surface area (Å²) in [5.41, 5.74) is 6.81. The van der Waals surface area contributed by atoms with Gasteiger partial charge in [0.25, 0.3) is 5.91 Å². The second-order valence-electron chi connectivity index (χ2n) is 4.28. The van der Waals surface area contributed by atoms with Crippen molar-refractivity contribution in [2.75, 3.05) is 6.54 Å². The zero-order valence-corrected chi connectivity index (χ0v) is 10.3. The summed E-state index contributed by atoms with van der Waals surface area (Å²) in [5.74, 6) is 0.660. The van der Waals surface area contributed by atoms with Gasteiger partial charge in [-0.1, -0.05) is 6.92 Å². The number of carbonyl (C=O) groups excluding carboxylic acids is 1. The first-order valence-electron chi connectivity index (χ1n) is 5.83. The van der Waals surface area contributed by atoms with Crippen LogP contribution in [0.4, 0.5) is 0 Å². The maximum atomic E-state index is 12.0. The fourth-order valence-electron chi connectivity index (χ4n) is 1.92. The van der Waals surface area contributed by atoms with Gasteiger partial charge in [-0.15, -0.1) is 11.3 Å². The summed E-state index contributed by atoms with van der Waals surface area (Å²) < 4.78 is 0. The van der Waals surface area contributed by atoms with Crippen molar-refractivity contribution in [1.29, 1.82) is 0 Å². The van der Waals surface area contributed by atoms with Crippen molar-refractivity contribution in [2.45, 2.75) is 32.2 Å². The molecule has 1 fully saturated rings. The minimum absolute atomic E-state index is 0.0502. The van der Waals surface area contributed by atoms with Crippen LogP contribution < -0.4 is 11.1 Å². The van der Waals surface area contributed by atoms with Crippen LogP contribution in [0.3, 0.4) is 0 Å². The molecule has 1 aliphatic rings. The zero-order valence-electron chi connectivity index (χ0n) is 9.53. The predicted molar refractivity (Wildman–Crippen MR) is 66.7 cm³/mol. The van der Waals surface area contributed by atoms with Crippen molar-refractivity contribution >= 4 is 17.2 Å². The first kappa shape index (κ1) is 11.6. The molecule has 3 nitrogen and oxygen atoms in total. The number of hydrogen-bond donors (Lipinski definition) is 2. The summed E-state index contributed by atoms with van der Waals surface area (Å²) in [4.78, 5) is 12.9. The number of hydrogen-bond acceptors (Lipinski definition) is 3. The fourth-order valence-corrected chi connectivity index (χ4v) is 2.81. The number of thiophene rings is 1. The van der Waals surface area contributed by atoms with E-state index in [4.69, 9.17) is 5.73 Å². The normalized spacial score (nSPS) is 17.1. The van der Waals surface area contributed by atoms with Gasteiger partial charge in [0.1, 0.15) is 0 Å². The summed E-state index contributed by atoms with van der Waals surface area (Å²) in [6.07, 6.45) is 3.31. The third kappa shape index (κ3) is 2.44. The second kappa shape index (κ2) is 4.97. The highest BCUT2D eigenvalue weighted by Crippen LogP contribution is 2.32. The summed E-state index contributed by atoms with van der Waals surface area (Å²) in [6.45, 7) is 2.61. The SMILES string of the molecule is CCc1ccsc1C(=O)NC(CN)C1CC1. The van der Waals surface area contributed by atoms with E-state index < -0.39 is 0 Å². The zero-order chi connectivity index (χ0) is 11.5. The van der Waals surface area contributed by atoms with Crippen LogP contribution in [0.1, 0.15) is 35.0 Å². The van der Waals surface area contributed by atoms with Crippen LogP contribution >= 0.6 is 11.3 Å². The van der Waals surface area contributed by atoms with E-state index in [1.54, 1.807) is 0 Å². The monoisotopic (exact) mass is 238 g/mol. The summed E-state index contributed by atoms with van der Waals surface area (Å²) in [6, 6.07) is 2.19. The molecule has 1 aromatic rings. The smallest absolute Gasteiger partial charge is 0.261 e. The van der Waals surface area contributed by atoms with Crippen LogP contribution in [0.2, 0.25) is 0 Å². The van der Waals surface area contributed by atoms with Crippen LogP contribution in [0, 0.1) is 5.92 Å². The second-order valence-corrected chi connectivity index (χ2v) is 5.20. The lowest BCUT2D eigenvalue weighted by Crippen LogP contribution is -2.41. The molecule has 1 aliphatic carbocycles. The van der Waals surface area contributed by atoms with Gasteiger partial charge in [0.2, 0.25) is 0 Å². The molecule has 0 saturated heterocycles. The van der Waals surface area contributed by atoms with E-state index in [1.165, 1.54) is 24.2 Å². The van der Waals surface area contributed by atoms with Gasteiger partial charge >= 0.3 is 0 Å². The Morgan fingerprint density at radius 2 is 2.44 bits per heavy atom. The molecule has 1 heterocycles. The first-order chi connectivity index (χ1) is 7.76. The first-order valence-corrected chi connectivity index (χ1v) is 6.71. The Kier molecular flexibility index (Phi) is 3.61. The largest absolute Gasteiger partial charge is 0.347 e. The van der Waals surface area contributed by atoms with E-state index >= 15 is 0 Å². The van der Waals surface area contributed by atoms with Crippen molar-refractivity contribution in [3.63, 3.8) is 0 Å². The average Bonchev–Trinajstić information content (AvgIpc) is 3.02. The van der Waals surface area contributed by atoms with Gasteiger partial charge in [0.05, 0.1) is 4.88 Å². The van der Waals surface area contributed by atoms with Crippen molar-refractivity contribution < 1.29 is 4.79 Å². The average molecular weight is 238 g/mol. The van der Waals surface area contributed by atoms with Gasteiger partial charge < -0.3 is 11.1 Å². The van der Waals surface area contributed by atoms with E-state index in [1.807, 2.05) is 11.4 Å². The Labute approximate surface area is 100 Å². The van der Waals surface area contributed by atoms with Gasteiger partial charge in [-0.3, -0.25) is 4.79 Å². The third-order valence-corrected chi connectivity index (χ3v) is 4.05. The number of nitrogens with two attached hydrogens (primary N) is 1. The minimum atomic E-state index is 0.0502. The number of nitrogens with one attached hydrogen (secondary N) is 1. The van der Waals surface area contributed by atoms with E-state index in [0.717, 1.165) is 16.9 Å². The van der Waals surface area contributed by atoms with Gasteiger partial charge in [-0.25, -0.2) is 0 Å². The molecule has 16 heavy (non-hydrogen) atoms. The Morgan fingerprint density at radius 3 is 3.00 bits per heavy atom. The lowest BCUT2D eigenvalue weighted by molar-refractivity contribution is 0.0937. The molecule has 0 bridgehead atoms. The van der Waals surface area contributed by atoms with Gasteiger partial charge in [-0.05, 0) is 42.2 Å². The van der Waals surface area contributed by atoms with Crippen molar-refractivity contribution in [3.8, 4) is 0 Å². The Bertz CT molecular complexity index is 371. The van der Waals surface area contributed by atoms with E-state index in [-0.39, 0.29) is 11.9 Å². The minimum Gasteiger partial charge on any atom is -0.347 e. The topological polar surface area (TPSA) is 55.1 Å². The summed E-state index contributed by atoms with van der Waals surface area (Å²) in [5, 5.41) is 5.03. The highest BCUT2D eigenvalue weighted by molar-refractivity contribution is 7.12. The number of rotatable bonds is 5. The molecule has 1 aromatic heterocycles. The molecule has 1 amide bonds. The molecule has 3 N–H and O–H groups in total. The predicted octanol–water partition coefficient (Wildman–Crippen LogP) is 1.78.